The van der Waals surface area contributed by atoms with Crippen LogP contribution in [0.1, 0.15) is 42.8 Å². The molecule has 1 N–H and O–H groups in total. The van der Waals surface area contributed by atoms with Crippen LogP contribution < -0.4 is 5.32 Å². The summed E-state index contributed by atoms with van der Waals surface area (Å²) in [5.41, 5.74) is 0.859. The summed E-state index contributed by atoms with van der Waals surface area (Å²) in [6.07, 6.45) is 9.75. The molecule has 21 heavy (non-hydrogen) atoms. The summed E-state index contributed by atoms with van der Waals surface area (Å²) >= 11 is 1.60. The third kappa shape index (κ3) is 6.40. The zero-order valence-corrected chi connectivity index (χ0v) is 13.6. The number of aryl methyl sites for hydroxylation is 1. The molecule has 1 aliphatic rings. The number of carbonyl (C=O) groups excluding carboxylic acids is 1. The van der Waals surface area contributed by atoms with E-state index in [1.165, 1.54) is 38.8 Å². The lowest BCUT2D eigenvalue weighted by Crippen LogP contribution is -2.30. The van der Waals surface area contributed by atoms with Gasteiger partial charge in [-0.2, -0.15) is 0 Å². The largest absolute Gasteiger partial charge is 0.353 e. The number of hydrogen-bond acceptors (Lipinski definition) is 4. The molecule has 0 aromatic carbocycles. The zero-order chi connectivity index (χ0) is 14.9. The van der Waals surface area contributed by atoms with Crippen LogP contribution >= 0.6 is 11.3 Å². The van der Waals surface area contributed by atoms with Gasteiger partial charge in [-0.3, -0.25) is 4.79 Å². The fraction of sp³-hybridized carbons (Fsp3) is 0.625. The Balaban J connectivity index is 1.59. The number of amides is 1. The van der Waals surface area contributed by atoms with Crippen molar-refractivity contribution in [3.8, 4) is 0 Å². The summed E-state index contributed by atoms with van der Waals surface area (Å²) in [4.78, 5) is 18.5. The first kappa shape index (κ1) is 16.2. The second kappa shape index (κ2) is 8.95. The molecule has 0 bridgehead atoms. The van der Waals surface area contributed by atoms with Crippen LogP contribution in [0.15, 0.2) is 11.5 Å². The number of thiazole rings is 1. The molecule has 0 spiro atoms. The van der Waals surface area contributed by atoms with Gasteiger partial charge in [0.15, 0.2) is 0 Å². The highest BCUT2D eigenvalue weighted by Gasteiger charge is 2.08. The van der Waals surface area contributed by atoms with Crippen LogP contribution in [0.5, 0.6) is 0 Å². The first-order valence-corrected chi connectivity index (χ1v) is 8.72. The van der Waals surface area contributed by atoms with E-state index in [0.29, 0.717) is 0 Å². The minimum absolute atomic E-state index is 0.0310. The summed E-state index contributed by atoms with van der Waals surface area (Å²) in [6, 6.07) is 0. The van der Waals surface area contributed by atoms with Crippen molar-refractivity contribution < 1.29 is 4.79 Å². The fourth-order valence-corrected chi connectivity index (χ4v) is 3.13. The number of aromatic nitrogens is 1. The van der Waals surface area contributed by atoms with Gasteiger partial charge in [0.05, 0.1) is 10.7 Å². The minimum atomic E-state index is -0.0310. The molecule has 1 aromatic rings. The lowest BCUT2D eigenvalue weighted by molar-refractivity contribution is -0.116. The molecule has 1 fully saturated rings. The Morgan fingerprint density at radius 3 is 2.81 bits per heavy atom. The van der Waals surface area contributed by atoms with E-state index < -0.39 is 0 Å². The molecule has 116 valence electrons. The summed E-state index contributed by atoms with van der Waals surface area (Å²) < 4.78 is 0. The average molecular weight is 307 g/mol. The number of nitrogens with one attached hydrogen (secondary N) is 1. The maximum Gasteiger partial charge on any atom is 0.244 e. The molecule has 1 saturated heterocycles. The van der Waals surface area contributed by atoms with Crippen molar-refractivity contribution in [1.29, 1.82) is 0 Å². The lowest BCUT2D eigenvalue weighted by atomic mass is 10.2. The molecule has 0 aliphatic carbocycles. The van der Waals surface area contributed by atoms with Gasteiger partial charge in [-0.1, -0.05) is 12.8 Å². The Morgan fingerprint density at radius 2 is 2.14 bits per heavy atom. The van der Waals surface area contributed by atoms with Crippen LogP contribution in [0.2, 0.25) is 0 Å². The van der Waals surface area contributed by atoms with E-state index in [1.54, 1.807) is 23.5 Å². The number of nitrogens with zero attached hydrogens (tertiary/aromatic N) is 2. The predicted molar refractivity (Wildman–Crippen MR) is 88.4 cm³/mol. The van der Waals surface area contributed by atoms with Gasteiger partial charge in [-0.25, -0.2) is 4.98 Å². The van der Waals surface area contributed by atoms with Crippen LogP contribution in [0.3, 0.4) is 0 Å². The van der Waals surface area contributed by atoms with E-state index >= 15 is 0 Å². The van der Waals surface area contributed by atoms with Crippen molar-refractivity contribution in [2.24, 2.45) is 0 Å². The highest BCUT2D eigenvalue weighted by atomic mass is 32.1. The van der Waals surface area contributed by atoms with Crippen LogP contribution in [0.4, 0.5) is 0 Å². The zero-order valence-electron chi connectivity index (χ0n) is 12.8. The number of likely N-dealkylation sites (tertiary alicyclic amines) is 1. The number of carbonyl (C=O) groups is 1. The molecule has 1 amide bonds. The molecule has 2 heterocycles. The topological polar surface area (TPSA) is 45.2 Å². The van der Waals surface area contributed by atoms with E-state index in [1.807, 2.05) is 12.3 Å². The predicted octanol–water partition coefficient (Wildman–Crippen LogP) is 2.85. The molecule has 4 nitrogen and oxygen atoms in total. The molecule has 1 aliphatic heterocycles. The smallest absolute Gasteiger partial charge is 0.244 e. The highest BCUT2D eigenvalue weighted by molar-refractivity contribution is 7.09. The van der Waals surface area contributed by atoms with E-state index in [0.717, 1.165) is 30.2 Å². The first-order valence-electron chi connectivity index (χ1n) is 7.84. The van der Waals surface area contributed by atoms with Gasteiger partial charge in [0, 0.05) is 18.0 Å². The third-order valence-electron chi connectivity index (χ3n) is 3.69. The van der Waals surface area contributed by atoms with Crippen LogP contribution in [-0.4, -0.2) is 42.0 Å². The van der Waals surface area contributed by atoms with E-state index in [-0.39, 0.29) is 5.91 Å². The number of hydrogen-bond donors (Lipinski definition) is 1. The molecular weight excluding hydrogens is 282 g/mol. The van der Waals surface area contributed by atoms with Gasteiger partial charge in [-0.05, 0) is 51.9 Å². The molecule has 5 heteroatoms. The Bertz CT molecular complexity index is 462. The van der Waals surface area contributed by atoms with Crippen LogP contribution in [-0.2, 0) is 4.79 Å². The maximum absolute atomic E-state index is 11.7. The van der Waals surface area contributed by atoms with Gasteiger partial charge in [0.2, 0.25) is 5.91 Å². The summed E-state index contributed by atoms with van der Waals surface area (Å²) in [5.74, 6) is -0.0310. The second-order valence-electron chi connectivity index (χ2n) is 5.53. The van der Waals surface area contributed by atoms with E-state index in [9.17, 15) is 4.79 Å². The third-order valence-corrected chi connectivity index (χ3v) is 4.48. The van der Waals surface area contributed by atoms with Crippen molar-refractivity contribution in [2.75, 3.05) is 26.2 Å². The summed E-state index contributed by atoms with van der Waals surface area (Å²) in [7, 11) is 0. The minimum Gasteiger partial charge on any atom is -0.353 e. The molecule has 1 aromatic heterocycles. The molecule has 0 saturated carbocycles. The van der Waals surface area contributed by atoms with Gasteiger partial charge in [0.1, 0.15) is 0 Å². The molecular formula is C16H25N3OS. The van der Waals surface area contributed by atoms with Gasteiger partial charge < -0.3 is 10.2 Å². The summed E-state index contributed by atoms with van der Waals surface area (Å²) in [5, 5.41) is 5.92. The van der Waals surface area contributed by atoms with Crippen LogP contribution in [0.25, 0.3) is 6.08 Å². The van der Waals surface area contributed by atoms with Gasteiger partial charge in [-0.15, -0.1) is 11.3 Å². The normalized spacial score (nSPS) is 17.0. The van der Waals surface area contributed by atoms with Crippen molar-refractivity contribution in [1.82, 2.24) is 15.2 Å². The van der Waals surface area contributed by atoms with Gasteiger partial charge >= 0.3 is 0 Å². The Morgan fingerprint density at radius 1 is 1.38 bits per heavy atom. The Kier molecular flexibility index (Phi) is 6.89. The molecule has 0 radical (unpaired) electrons. The van der Waals surface area contributed by atoms with Crippen molar-refractivity contribution in [3.63, 3.8) is 0 Å². The standard InChI is InChI=1S/C16H25N3OS/c1-14-18-15(13-21-14)7-8-16(20)17-9-6-12-19-10-4-2-3-5-11-19/h7-8,13H,2-6,9-12H2,1H3,(H,17,20)/b8-7+. The number of rotatable bonds is 6. The van der Waals surface area contributed by atoms with E-state index in [4.69, 9.17) is 0 Å². The molecule has 0 unspecified atom stereocenters. The SMILES string of the molecule is Cc1nc(/C=C/C(=O)NCCCN2CCCCCC2)cs1. The van der Waals surface area contributed by atoms with Gasteiger partial charge in [0.25, 0.3) is 0 Å². The van der Waals surface area contributed by atoms with Crippen molar-refractivity contribution >= 4 is 23.3 Å². The monoisotopic (exact) mass is 307 g/mol. The maximum atomic E-state index is 11.7. The lowest BCUT2D eigenvalue weighted by Gasteiger charge is -2.19. The van der Waals surface area contributed by atoms with E-state index in [2.05, 4.69) is 15.2 Å². The second-order valence-corrected chi connectivity index (χ2v) is 6.59. The average Bonchev–Trinajstić information content (AvgIpc) is 2.73. The molecule has 2 rings (SSSR count). The van der Waals surface area contributed by atoms with Crippen molar-refractivity contribution in [2.45, 2.75) is 39.0 Å². The Labute approximate surface area is 131 Å². The van der Waals surface area contributed by atoms with Crippen molar-refractivity contribution in [3.05, 3.63) is 22.2 Å². The fourth-order valence-electron chi connectivity index (χ4n) is 2.55. The first-order chi connectivity index (χ1) is 10.2. The highest BCUT2D eigenvalue weighted by Crippen LogP contribution is 2.10. The quantitative estimate of drug-likeness (QED) is 0.649. The Hall–Kier alpha value is -1.20. The molecule has 0 atom stereocenters. The van der Waals surface area contributed by atoms with Crippen LogP contribution in [0, 0.1) is 6.92 Å². The summed E-state index contributed by atoms with van der Waals surface area (Å²) in [6.45, 7) is 6.24.